The molecule has 5 rings (SSSR count). The lowest BCUT2D eigenvalue weighted by Crippen LogP contribution is -2.39. The molecular formula is C22H22F3N7O. The summed E-state index contributed by atoms with van der Waals surface area (Å²) in [6.07, 6.45) is 0.524. The maximum Gasteiger partial charge on any atom is 0.433 e. The quantitative estimate of drug-likeness (QED) is 0.462. The van der Waals surface area contributed by atoms with Crippen LogP contribution in [-0.4, -0.2) is 46.5 Å². The van der Waals surface area contributed by atoms with Gasteiger partial charge in [-0.15, -0.1) is 0 Å². The number of pyridine rings is 1. The summed E-state index contributed by atoms with van der Waals surface area (Å²) in [6.45, 7) is 2.22. The number of aryl methyl sites for hydroxylation is 3. The van der Waals surface area contributed by atoms with E-state index < -0.39 is 17.9 Å². The van der Waals surface area contributed by atoms with E-state index in [1.54, 1.807) is 24.2 Å². The second-order valence-electron chi connectivity index (χ2n) is 8.31. The molecule has 0 fully saturated rings. The van der Waals surface area contributed by atoms with Crippen molar-refractivity contribution in [2.75, 3.05) is 6.54 Å². The molecule has 1 atom stereocenters. The van der Waals surface area contributed by atoms with Gasteiger partial charge in [0.2, 0.25) is 0 Å². The maximum absolute atomic E-state index is 13.7. The van der Waals surface area contributed by atoms with Crippen molar-refractivity contribution >= 4 is 16.9 Å². The summed E-state index contributed by atoms with van der Waals surface area (Å²) in [5, 5.41) is 9.14. The number of carbonyl (C=O) groups excluding carboxylic acids is 1. The topological polar surface area (TPSA) is 73.8 Å². The van der Waals surface area contributed by atoms with Crippen molar-refractivity contribution in [1.29, 1.82) is 0 Å². The van der Waals surface area contributed by atoms with Crippen LogP contribution in [-0.2, 0) is 33.7 Å². The van der Waals surface area contributed by atoms with Gasteiger partial charge >= 0.3 is 6.18 Å². The lowest BCUT2D eigenvalue weighted by atomic mass is 9.95. The molecule has 0 radical (unpaired) electrons. The Morgan fingerprint density at radius 3 is 2.64 bits per heavy atom. The smallest absolute Gasteiger partial charge is 0.336 e. The fraction of sp³-hybridized carbons (Fsp3) is 0.364. The van der Waals surface area contributed by atoms with Gasteiger partial charge in [-0.3, -0.25) is 14.2 Å². The Hall–Kier alpha value is -3.63. The molecule has 0 bridgehead atoms. The molecule has 4 aromatic rings. The van der Waals surface area contributed by atoms with Crippen LogP contribution in [0.3, 0.4) is 0 Å². The fourth-order valence-electron chi connectivity index (χ4n) is 4.81. The molecule has 5 heterocycles. The van der Waals surface area contributed by atoms with Crippen LogP contribution in [0.25, 0.3) is 22.3 Å². The van der Waals surface area contributed by atoms with Crippen LogP contribution in [0.4, 0.5) is 13.2 Å². The van der Waals surface area contributed by atoms with Crippen LogP contribution >= 0.6 is 0 Å². The number of fused-ring (bicyclic) bond motifs is 2. The highest BCUT2D eigenvalue weighted by Crippen LogP contribution is 2.41. The van der Waals surface area contributed by atoms with E-state index in [1.165, 1.54) is 17.9 Å². The highest BCUT2D eigenvalue weighted by molar-refractivity contribution is 6.05. The molecule has 4 aromatic heterocycles. The molecule has 0 aromatic carbocycles. The first-order valence-corrected chi connectivity index (χ1v) is 10.5. The third-order valence-electron chi connectivity index (χ3n) is 6.36. The van der Waals surface area contributed by atoms with E-state index in [2.05, 4.69) is 15.2 Å². The van der Waals surface area contributed by atoms with Gasteiger partial charge in [0.1, 0.15) is 5.65 Å². The molecule has 0 spiro atoms. The second kappa shape index (κ2) is 7.19. The number of carbonyl (C=O) groups is 1. The average Bonchev–Trinajstić information content (AvgIpc) is 3.42. The van der Waals surface area contributed by atoms with Gasteiger partial charge in [0.25, 0.3) is 5.91 Å². The summed E-state index contributed by atoms with van der Waals surface area (Å²) in [5.41, 5.74) is 2.13. The predicted molar refractivity (Wildman–Crippen MR) is 114 cm³/mol. The summed E-state index contributed by atoms with van der Waals surface area (Å²) in [7, 11) is 4.76. The first kappa shape index (κ1) is 21.2. The first-order valence-electron chi connectivity index (χ1n) is 10.5. The summed E-state index contributed by atoms with van der Waals surface area (Å²) in [5.74, 6) is -0.156. The van der Waals surface area contributed by atoms with E-state index in [9.17, 15) is 18.0 Å². The highest BCUT2D eigenvalue weighted by atomic mass is 19.4. The Morgan fingerprint density at radius 1 is 1.15 bits per heavy atom. The zero-order chi connectivity index (χ0) is 23.7. The molecule has 11 heteroatoms. The van der Waals surface area contributed by atoms with Crippen molar-refractivity contribution < 1.29 is 18.0 Å². The van der Waals surface area contributed by atoms with Crippen molar-refractivity contribution in [2.45, 2.75) is 25.6 Å². The average molecular weight is 457 g/mol. The number of halogens is 3. The maximum atomic E-state index is 13.7. The van der Waals surface area contributed by atoms with Crippen LogP contribution in [0.5, 0.6) is 0 Å². The SMILES string of the molecule is C[C@H]1c2nn(C)c(-c3cnn(C)c3C(F)(F)F)c2CCN1C(=O)c1ccnc2c1ccn2C. The van der Waals surface area contributed by atoms with Gasteiger partial charge < -0.3 is 9.47 Å². The number of aromatic nitrogens is 6. The third kappa shape index (κ3) is 3.13. The molecule has 0 unspecified atom stereocenters. The van der Waals surface area contributed by atoms with Crippen molar-refractivity contribution in [3.05, 3.63) is 53.2 Å². The van der Waals surface area contributed by atoms with E-state index >= 15 is 0 Å². The molecule has 0 N–H and O–H groups in total. The Kier molecular flexibility index (Phi) is 4.62. The lowest BCUT2D eigenvalue weighted by molar-refractivity contribution is -0.143. The number of nitrogens with zero attached hydrogens (tertiary/aromatic N) is 7. The van der Waals surface area contributed by atoms with Crippen LogP contribution in [0.1, 0.15) is 40.3 Å². The molecular weight excluding hydrogens is 435 g/mol. The minimum Gasteiger partial charge on any atom is -0.336 e. The fourth-order valence-corrected chi connectivity index (χ4v) is 4.81. The highest BCUT2D eigenvalue weighted by Gasteiger charge is 2.41. The van der Waals surface area contributed by atoms with Gasteiger partial charge in [-0.1, -0.05) is 0 Å². The minimum atomic E-state index is -4.55. The Morgan fingerprint density at radius 2 is 1.91 bits per heavy atom. The van der Waals surface area contributed by atoms with Crippen molar-refractivity contribution in [3.63, 3.8) is 0 Å². The van der Waals surface area contributed by atoms with Crippen molar-refractivity contribution in [1.82, 2.24) is 34.0 Å². The second-order valence-corrected chi connectivity index (χ2v) is 8.31. The lowest BCUT2D eigenvalue weighted by Gasteiger charge is -2.33. The van der Waals surface area contributed by atoms with Gasteiger partial charge in [-0.05, 0) is 25.5 Å². The van der Waals surface area contributed by atoms with Gasteiger partial charge in [0, 0.05) is 51.0 Å². The number of amides is 1. The van der Waals surface area contributed by atoms with Gasteiger partial charge in [0.05, 0.1) is 34.8 Å². The molecule has 8 nitrogen and oxygen atoms in total. The summed E-state index contributed by atoms with van der Waals surface area (Å²) in [4.78, 5) is 19.5. The van der Waals surface area contributed by atoms with Crippen molar-refractivity contribution in [2.24, 2.45) is 21.1 Å². The standard InChI is InChI=1S/C22H22F3N7O/c1-12-17-15(18(30(3)28-17)16-11-27-31(4)19(16)22(23,24)25)7-10-32(12)21(33)14-5-8-26-20-13(14)6-9-29(20)2/h5-6,8-9,11-12H,7,10H2,1-4H3/t12-/m0/s1. The zero-order valence-electron chi connectivity index (χ0n) is 18.6. The summed E-state index contributed by atoms with van der Waals surface area (Å²) >= 11 is 0. The van der Waals surface area contributed by atoms with E-state index in [-0.39, 0.29) is 11.5 Å². The minimum absolute atomic E-state index is 0.00615. The van der Waals surface area contributed by atoms with Crippen LogP contribution in [0, 0.1) is 0 Å². The van der Waals surface area contributed by atoms with Crippen LogP contribution in [0.2, 0.25) is 0 Å². The molecule has 1 amide bonds. The number of hydrogen-bond acceptors (Lipinski definition) is 4. The number of alkyl halides is 3. The normalized spacial score (nSPS) is 16.5. The molecule has 1 aliphatic heterocycles. The van der Waals surface area contributed by atoms with E-state index in [0.29, 0.717) is 41.1 Å². The number of hydrogen-bond donors (Lipinski definition) is 0. The molecule has 0 saturated heterocycles. The van der Waals surface area contributed by atoms with Gasteiger partial charge in [0.15, 0.2) is 5.69 Å². The first-order chi connectivity index (χ1) is 15.6. The van der Waals surface area contributed by atoms with Crippen molar-refractivity contribution in [3.8, 4) is 11.3 Å². The predicted octanol–water partition coefficient (Wildman–Crippen LogP) is 3.49. The Labute approximate surface area is 187 Å². The Bertz CT molecular complexity index is 1400. The third-order valence-corrected chi connectivity index (χ3v) is 6.36. The summed E-state index contributed by atoms with van der Waals surface area (Å²) < 4.78 is 45.3. The van der Waals surface area contributed by atoms with E-state index in [4.69, 9.17) is 0 Å². The number of rotatable bonds is 2. The van der Waals surface area contributed by atoms with Gasteiger partial charge in [-0.25, -0.2) is 4.98 Å². The monoisotopic (exact) mass is 457 g/mol. The van der Waals surface area contributed by atoms with Crippen LogP contribution < -0.4 is 0 Å². The zero-order valence-corrected chi connectivity index (χ0v) is 18.6. The van der Waals surface area contributed by atoms with Gasteiger partial charge in [-0.2, -0.15) is 23.4 Å². The molecule has 0 aliphatic carbocycles. The van der Waals surface area contributed by atoms with E-state index in [1.807, 2.05) is 30.8 Å². The molecule has 1 aliphatic rings. The molecule has 33 heavy (non-hydrogen) atoms. The molecule has 0 saturated carbocycles. The Balaban J connectivity index is 1.55. The van der Waals surface area contributed by atoms with E-state index in [0.717, 1.165) is 10.1 Å². The molecule has 172 valence electrons. The largest absolute Gasteiger partial charge is 0.433 e. The summed E-state index contributed by atoms with van der Waals surface area (Å²) in [6, 6.07) is 3.15. The van der Waals surface area contributed by atoms with Crippen LogP contribution in [0.15, 0.2) is 30.7 Å².